The molecule has 1 fully saturated rings. The van der Waals surface area contributed by atoms with Gasteiger partial charge in [-0.05, 0) is 36.8 Å². The highest BCUT2D eigenvalue weighted by Gasteiger charge is 2.22. The molecule has 23 heavy (non-hydrogen) atoms. The van der Waals surface area contributed by atoms with E-state index >= 15 is 0 Å². The first-order chi connectivity index (χ1) is 11.1. The van der Waals surface area contributed by atoms with E-state index in [1.165, 1.54) is 19.3 Å². The van der Waals surface area contributed by atoms with Crippen LogP contribution in [-0.4, -0.2) is 31.1 Å². The molecule has 1 saturated heterocycles. The maximum atomic E-state index is 12.4. The smallest absolute Gasteiger partial charge is 0.321 e. The number of likely N-dealkylation sites (tertiary alicyclic amines) is 1. The number of benzene rings is 1. The molecular formula is C19H30N2O2. The fourth-order valence-electron chi connectivity index (χ4n) is 3.14. The van der Waals surface area contributed by atoms with E-state index in [1.54, 1.807) is 7.11 Å². The van der Waals surface area contributed by atoms with Crippen LogP contribution in [0.2, 0.25) is 0 Å². The first-order valence-electron chi connectivity index (χ1n) is 8.78. The summed E-state index contributed by atoms with van der Waals surface area (Å²) >= 11 is 0. The van der Waals surface area contributed by atoms with Crippen molar-refractivity contribution in [3.63, 3.8) is 0 Å². The zero-order valence-electron chi connectivity index (χ0n) is 14.7. The van der Waals surface area contributed by atoms with Crippen LogP contribution in [0, 0.1) is 11.8 Å². The topological polar surface area (TPSA) is 41.6 Å². The number of rotatable bonds is 6. The Morgan fingerprint density at radius 3 is 2.74 bits per heavy atom. The van der Waals surface area contributed by atoms with E-state index in [0.717, 1.165) is 49.2 Å². The Labute approximate surface area is 140 Å². The van der Waals surface area contributed by atoms with Gasteiger partial charge in [-0.25, -0.2) is 4.79 Å². The molecule has 2 rings (SSSR count). The van der Waals surface area contributed by atoms with E-state index in [4.69, 9.17) is 4.74 Å². The number of carbonyl (C=O) groups is 1. The molecule has 1 aliphatic rings. The minimum atomic E-state index is -0.00103. The van der Waals surface area contributed by atoms with E-state index in [-0.39, 0.29) is 6.03 Å². The van der Waals surface area contributed by atoms with Gasteiger partial charge in [0.2, 0.25) is 0 Å². The van der Waals surface area contributed by atoms with E-state index in [0.29, 0.717) is 0 Å². The van der Waals surface area contributed by atoms with Gasteiger partial charge in [-0.1, -0.05) is 39.2 Å². The summed E-state index contributed by atoms with van der Waals surface area (Å²) in [5.41, 5.74) is 0.786. The molecule has 1 aliphatic heterocycles. The molecule has 2 amide bonds. The van der Waals surface area contributed by atoms with Crippen molar-refractivity contribution in [1.29, 1.82) is 0 Å². The molecule has 1 aromatic rings. The standard InChI is InChI=1S/C19H30N2O2/c1-15(2)6-4-7-16-10-12-21(13-11-16)19(22)20-17-8-5-9-18(14-17)23-3/h5,8-9,14-16H,4,6-7,10-13H2,1-3H3,(H,20,22). The summed E-state index contributed by atoms with van der Waals surface area (Å²) in [6.07, 6.45) is 6.20. The van der Waals surface area contributed by atoms with E-state index in [1.807, 2.05) is 29.2 Å². The van der Waals surface area contributed by atoms with Crippen molar-refractivity contribution in [1.82, 2.24) is 4.90 Å². The number of nitrogens with zero attached hydrogens (tertiary/aromatic N) is 1. The number of hydrogen-bond acceptors (Lipinski definition) is 2. The Morgan fingerprint density at radius 1 is 1.35 bits per heavy atom. The molecule has 1 N–H and O–H groups in total. The number of methoxy groups -OCH3 is 1. The van der Waals surface area contributed by atoms with Gasteiger partial charge < -0.3 is 15.0 Å². The van der Waals surface area contributed by atoms with Crippen molar-refractivity contribution in [2.45, 2.75) is 46.0 Å². The molecule has 1 heterocycles. The highest BCUT2D eigenvalue weighted by atomic mass is 16.5. The first-order valence-corrected chi connectivity index (χ1v) is 8.78. The molecule has 0 spiro atoms. The number of urea groups is 1. The van der Waals surface area contributed by atoms with Crippen LogP contribution in [0.3, 0.4) is 0 Å². The van der Waals surface area contributed by atoms with Gasteiger partial charge in [0.25, 0.3) is 0 Å². The van der Waals surface area contributed by atoms with Gasteiger partial charge in [0.05, 0.1) is 7.11 Å². The zero-order chi connectivity index (χ0) is 16.7. The Balaban J connectivity index is 1.75. The normalized spacial score (nSPS) is 15.7. The molecule has 1 aromatic carbocycles. The fraction of sp³-hybridized carbons (Fsp3) is 0.632. The van der Waals surface area contributed by atoms with E-state index < -0.39 is 0 Å². The Hall–Kier alpha value is -1.71. The lowest BCUT2D eigenvalue weighted by atomic mass is 9.90. The highest BCUT2D eigenvalue weighted by molar-refractivity contribution is 5.89. The summed E-state index contributed by atoms with van der Waals surface area (Å²) in [6, 6.07) is 7.49. The lowest BCUT2D eigenvalue weighted by Crippen LogP contribution is -2.41. The Morgan fingerprint density at radius 2 is 2.09 bits per heavy atom. The predicted molar refractivity (Wildman–Crippen MR) is 95.0 cm³/mol. The summed E-state index contributed by atoms with van der Waals surface area (Å²) in [6.45, 7) is 6.29. The maximum Gasteiger partial charge on any atom is 0.321 e. The lowest BCUT2D eigenvalue weighted by molar-refractivity contribution is 0.178. The SMILES string of the molecule is COc1cccc(NC(=O)N2CCC(CCCC(C)C)CC2)c1. The zero-order valence-corrected chi connectivity index (χ0v) is 14.7. The quantitative estimate of drug-likeness (QED) is 0.821. The predicted octanol–water partition coefficient (Wildman–Crippen LogP) is 4.77. The van der Waals surface area contributed by atoms with E-state index in [2.05, 4.69) is 19.2 Å². The van der Waals surface area contributed by atoms with Crippen molar-refractivity contribution in [2.75, 3.05) is 25.5 Å². The summed E-state index contributed by atoms with van der Waals surface area (Å²) in [5.74, 6) is 2.34. The molecule has 0 unspecified atom stereocenters. The number of piperidine rings is 1. The summed E-state index contributed by atoms with van der Waals surface area (Å²) in [5, 5.41) is 2.97. The van der Waals surface area contributed by atoms with Crippen molar-refractivity contribution in [3.05, 3.63) is 24.3 Å². The number of anilines is 1. The third-order valence-electron chi connectivity index (χ3n) is 4.62. The molecule has 0 radical (unpaired) electrons. The van der Waals surface area contributed by atoms with Crippen LogP contribution in [0.4, 0.5) is 10.5 Å². The summed E-state index contributed by atoms with van der Waals surface area (Å²) in [7, 11) is 1.63. The summed E-state index contributed by atoms with van der Waals surface area (Å²) in [4.78, 5) is 14.3. The first kappa shape index (κ1) is 17.6. The third-order valence-corrected chi connectivity index (χ3v) is 4.62. The lowest BCUT2D eigenvalue weighted by Gasteiger charge is -2.32. The van der Waals surface area contributed by atoms with Crippen LogP contribution < -0.4 is 10.1 Å². The van der Waals surface area contributed by atoms with Crippen molar-refractivity contribution in [3.8, 4) is 5.75 Å². The van der Waals surface area contributed by atoms with Crippen LogP contribution in [-0.2, 0) is 0 Å². The molecule has 0 bridgehead atoms. The third kappa shape index (κ3) is 5.77. The maximum absolute atomic E-state index is 12.4. The van der Waals surface area contributed by atoms with Crippen LogP contribution >= 0.6 is 0 Å². The van der Waals surface area contributed by atoms with Gasteiger partial charge in [0.15, 0.2) is 0 Å². The molecule has 0 atom stereocenters. The second-order valence-corrected chi connectivity index (χ2v) is 6.92. The molecular weight excluding hydrogens is 288 g/mol. The molecule has 0 aromatic heterocycles. The number of carbonyl (C=O) groups excluding carboxylic acids is 1. The monoisotopic (exact) mass is 318 g/mol. The fourth-order valence-corrected chi connectivity index (χ4v) is 3.14. The van der Waals surface area contributed by atoms with Crippen molar-refractivity contribution < 1.29 is 9.53 Å². The molecule has 0 saturated carbocycles. The second-order valence-electron chi connectivity index (χ2n) is 6.92. The summed E-state index contributed by atoms with van der Waals surface area (Å²) < 4.78 is 5.19. The molecule has 0 aliphatic carbocycles. The Kier molecular flexibility index (Phi) is 6.75. The van der Waals surface area contributed by atoms with Gasteiger partial charge in [-0.15, -0.1) is 0 Å². The highest BCUT2D eigenvalue weighted by Crippen LogP contribution is 2.24. The minimum Gasteiger partial charge on any atom is -0.497 e. The number of nitrogens with one attached hydrogen (secondary N) is 1. The molecule has 4 heteroatoms. The van der Waals surface area contributed by atoms with Gasteiger partial charge in [-0.2, -0.15) is 0 Å². The molecule has 128 valence electrons. The molecule has 4 nitrogen and oxygen atoms in total. The van der Waals surface area contributed by atoms with Crippen LogP contribution in [0.1, 0.15) is 46.0 Å². The van der Waals surface area contributed by atoms with Crippen molar-refractivity contribution in [2.24, 2.45) is 11.8 Å². The number of ether oxygens (including phenoxy) is 1. The van der Waals surface area contributed by atoms with Gasteiger partial charge in [-0.3, -0.25) is 0 Å². The van der Waals surface area contributed by atoms with E-state index in [9.17, 15) is 4.79 Å². The average Bonchev–Trinajstić information content (AvgIpc) is 2.55. The van der Waals surface area contributed by atoms with Gasteiger partial charge >= 0.3 is 6.03 Å². The van der Waals surface area contributed by atoms with Crippen LogP contribution in [0.25, 0.3) is 0 Å². The van der Waals surface area contributed by atoms with Crippen LogP contribution in [0.15, 0.2) is 24.3 Å². The average molecular weight is 318 g/mol. The van der Waals surface area contributed by atoms with Crippen LogP contribution in [0.5, 0.6) is 5.75 Å². The number of amides is 2. The largest absolute Gasteiger partial charge is 0.497 e. The Bertz CT molecular complexity index is 494. The minimum absolute atomic E-state index is 0.00103. The second kappa shape index (κ2) is 8.80. The number of hydrogen-bond donors (Lipinski definition) is 1. The van der Waals surface area contributed by atoms with Crippen molar-refractivity contribution >= 4 is 11.7 Å². The van der Waals surface area contributed by atoms with Gasteiger partial charge in [0.1, 0.15) is 5.75 Å². The van der Waals surface area contributed by atoms with Gasteiger partial charge in [0, 0.05) is 24.8 Å².